The second-order valence-corrected chi connectivity index (χ2v) is 5.77. The molecule has 2 aromatic carbocycles. The van der Waals surface area contributed by atoms with Crippen molar-refractivity contribution in [2.24, 2.45) is 0 Å². The van der Waals surface area contributed by atoms with E-state index in [9.17, 15) is 9.90 Å². The van der Waals surface area contributed by atoms with E-state index in [1.807, 2.05) is 32.0 Å². The van der Waals surface area contributed by atoms with E-state index in [0.717, 1.165) is 21.9 Å². The highest BCUT2D eigenvalue weighted by molar-refractivity contribution is 6.05. The van der Waals surface area contributed by atoms with Crippen LogP contribution in [-0.2, 0) is 0 Å². The van der Waals surface area contributed by atoms with Gasteiger partial charge in [0.15, 0.2) is 5.58 Å². The Kier molecular flexibility index (Phi) is 2.81. The molecular formula is C19H15NO3. The number of phenols is 1. The highest BCUT2D eigenvalue weighted by Gasteiger charge is 2.15. The molecule has 4 nitrogen and oxygen atoms in total. The molecule has 114 valence electrons. The summed E-state index contributed by atoms with van der Waals surface area (Å²) in [4.78, 5) is 12.6. The topological polar surface area (TPSA) is 55.4 Å². The molecule has 0 bridgehead atoms. The van der Waals surface area contributed by atoms with Gasteiger partial charge in [0, 0.05) is 22.9 Å². The lowest BCUT2D eigenvalue weighted by Gasteiger charge is -2.10. The Morgan fingerprint density at radius 2 is 1.83 bits per heavy atom. The molecule has 0 aliphatic carbocycles. The van der Waals surface area contributed by atoms with Crippen molar-refractivity contribution in [1.82, 2.24) is 4.57 Å². The van der Waals surface area contributed by atoms with Gasteiger partial charge in [-0.05, 0) is 37.6 Å². The van der Waals surface area contributed by atoms with Crippen molar-refractivity contribution in [3.8, 4) is 11.4 Å². The van der Waals surface area contributed by atoms with E-state index in [1.165, 1.54) is 0 Å². The van der Waals surface area contributed by atoms with Gasteiger partial charge in [-0.3, -0.25) is 9.36 Å². The highest BCUT2D eigenvalue weighted by Crippen LogP contribution is 2.31. The van der Waals surface area contributed by atoms with Crippen LogP contribution in [0.3, 0.4) is 0 Å². The largest absolute Gasteiger partial charge is 0.508 e. The molecule has 23 heavy (non-hydrogen) atoms. The lowest BCUT2D eigenvalue weighted by Crippen LogP contribution is -2.19. The summed E-state index contributed by atoms with van der Waals surface area (Å²) in [6, 6.07) is 14.2. The molecule has 0 spiro atoms. The first-order chi connectivity index (χ1) is 11.0. The van der Waals surface area contributed by atoms with Crippen molar-refractivity contribution in [3.63, 3.8) is 0 Å². The summed E-state index contributed by atoms with van der Waals surface area (Å²) in [5.74, 6) is 0.120. The molecule has 0 aliphatic rings. The lowest BCUT2D eigenvalue weighted by atomic mass is 10.1. The van der Waals surface area contributed by atoms with Gasteiger partial charge < -0.3 is 9.52 Å². The van der Waals surface area contributed by atoms with Crippen molar-refractivity contribution < 1.29 is 9.52 Å². The highest BCUT2D eigenvalue weighted by atomic mass is 16.3. The van der Waals surface area contributed by atoms with Crippen molar-refractivity contribution in [2.45, 2.75) is 13.8 Å². The van der Waals surface area contributed by atoms with E-state index in [0.29, 0.717) is 17.0 Å². The van der Waals surface area contributed by atoms with E-state index in [2.05, 4.69) is 0 Å². The standard InChI is InChI=1S/C19H15NO3/c1-11-6-7-15-16-10-18(22)20(13-4-3-5-14(21)9-13)12(2)19(16)23-17(15)8-11/h3-10,21H,1-2H3. The van der Waals surface area contributed by atoms with Gasteiger partial charge in [0.25, 0.3) is 5.56 Å². The number of fused-ring (bicyclic) bond motifs is 3. The number of pyridine rings is 1. The smallest absolute Gasteiger partial charge is 0.256 e. The number of phenolic OH excluding ortho intramolecular Hbond substituents is 1. The SMILES string of the molecule is Cc1ccc2c(c1)oc1c(C)n(-c3cccc(O)c3)c(=O)cc12. The van der Waals surface area contributed by atoms with Crippen LogP contribution in [0, 0.1) is 13.8 Å². The second kappa shape index (κ2) is 4.74. The van der Waals surface area contributed by atoms with E-state index in [4.69, 9.17) is 4.42 Å². The van der Waals surface area contributed by atoms with Gasteiger partial charge in [-0.1, -0.05) is 18.2 Å². The van der Waals surface area contributed by atoms with Gasteiger partial charge in [0.1, 0.15) is 11.3 Å². The maximum absolute atomic E-state index is 12.6. The maximum atomic E-state index is 12.6. The van der Waals surface area contributed by atoms with Crippen LogP contribution in [0.15, 0.2) is 57.7 Å². The van der Waals surface area contributed by atoms with Gasteiger partial charge in [0.05, 0.1) is 11.4 Å². The predicted octanol–water partition coefficient (Wildman–Crippen LogP) is 4.06. The van der Waals surface area contributed by atoms with E-state index in [-0.39, 0.29) is 11.3 Å². The quantitative estimate of drug-likeness (QED) is 0.577. The van der Waals surface area contributed by atoms with Crippen LogP contribution in [0.1, 0.15) is 11.3 Å². The summed E-state index contributed by atoms with van der Waals surface area (Å²) >= 11 is 0. The molecule has 0 aliphatic heterocycles. The van der Waals surface area contributed by atoms with Crippen molar-refractivity contribution in [1.29, 1.82) is 0 Å². The first-order valence-corrected chi connectivity index (χ1v) is 7.39. The molecule has 4 rings (SSSR count). The Labute approximate surface area is 132 Å². The molecule has 0 amide bonds. The van der Waals surface area contributed by atoms with Crippen LogP contribution < -0.4 is 5.56 Å². The Bertz CT molecular complexity index is 1120. The Morgan fingerprint density at radius 3 is 2.61 bits per heavy atom. The summed E-state index contributed by atoms with van der Waals surface area (Å²) in [5, 5.41) is 11.4. The molecular weight excluding hydrogens is 290 g/mol. The molecule has 0 saturated heterocycles. The molecule has 0 radical (unpaired) electrons. The van der Waals surface area contributed by atoms with Crippen LogP contribution in [0.5, 0.6) is 5.75 Å². The second-order valence-electron chi connectivity index (χ2n) is 5.77. The fourth-order valence-corrected chi connectivity index (χ4v) is 3.04. The molecule has 1 N–H and O–H groups in total. The molecule has 0 saturated carbocycles. The van der Waals surface area contributed by atoms with E-state index in [1.54, 1.807) is 34.9 Å². The third-order valence-corrected chi connectivity index (χ3v) is 4.12. The summed E-state index contributed by atoms with van der Waals surface area (Å²) in [6.07, 6.45) is 0. The van der Waals surface area contributed by atoms with Crippen LogP contribution >= 0.6 is 0 Å². The van der Waals surface area contributed by atoms with Crippen molar-refractivity contribution in [3.05, 3.63) is 70.1 Å². The van der Waals surface area contributed by atoms with Crippen LogP contribution in [-0.4, -0.2) is 9.67 Å². The predicted molar refractivity (Wildman–Crippen MR) is 90.5 cm³/mol. The van der Waals surface area contributed by atoms with Gasteiger partial charge in [-0.15, -0.1) is 0 Å². The van der Waals surface area contributed by atoms with Crippen LogP contribution in [0.25, 0.3) is 27.6 Å². The monoisotopic (exact) mass is 305 g/mol. The third kappa shape index (κ3) is 2.03. The van der Waals surface area contributed by atoms with Crippen LogP contribution in [0.4, 0.5) is 0 Å². The summed E-state index contributed by atoms with van der Waals surface area (Å²) in [7, 11) is 0. The summed E-state index contributed by atoms with van der Waals surface area (Å²) in [6.45, 7) is 3.86. The number of nitrogens with zero attached hydrogens (tertiary/aromatic N) is 1. The van der Waals surface area contributed by atoms with E-state index >= 15 is 0 Å². The van der Waals surface area contributed by atoms with E-state index < -0.39 is 0 Å². The minimum absolute atomic E-state index is 0.120. The molecule has 2 heterocycles. The maximum Gasteiger partial charge on any atom is 0.256 e. The molecule has 4 aromatic rings. The number of benzene rings is 2. The molecule has 4 heteroatoms. The Morgan fingerprint density at radius 1 is 1.00 bits per heavy atom. The van der Waals surface area contributed by atoms with Gasteiger partial charge in [-0.2, -0.15) is 0 Å². The fourth-order valence-electron chi connectivity index (χ4n) is 3.04. The van der Waals surface area contributed by atoms with Crippen molar-refractivity contribution >= 4 is 21.9 Å². The van der Waals surface area contributed by atoms with Crippen molar-refractivity contribution in [2.75, 3.05) is 0 Å². The number of hydrogen-bond donors (Lipinski definition) is 1. The molecule has 0 unspecified atom stereocenters. The first-order valence-electron chi connectivity index (χ1n) is 7.39. The minimum atomic E-state index is -0.149. The molecule has 0 fully saturated rings. The molecule has 0 atom stereocenters. The fraction of sp³-hybridized carbons (Fsp3) is 0.105. The Balaban J connectivity index is 2.11. The normalized spacial score (nSPS) is 11.4. The van der Waals surface area contributed by atoms with Crippen LogP contribution in [0.2, 0.25) is 0 Å². The zero-order chi connectivity index (χ0) is 16.1. The number of aryl methyl sites for hydroxylation is 2. The zero-order valence-electron chi connectivity index (χ0n) is 12.8. The number of aromatic hydroxyl groups is 1. The third-order valence-electron chi connectivity index (χ3n) is 4.12. The minimum Gasteiger partial charge on any atom is -0.508 e. The Hall–Kier alpha value is -3.01. The average Bonchev–Trinajstić information content (AvgIpc) is 2.85. The van der Waals surface area contributed by atoms with Gasteiger partial charge >= 0.3 is 0 Å². The van der Waals surface area contributed by atoms with Gasteiger partial charge in [-0.25, -0.2) is 0 Å². The zero-order valence-corrected chi connectivity index (χ0v) is 12.8. The van der Waals surface area contributed by atoms with Gasteiger partial charge in [0.2, 0.25) is 0 Å². The number of rotatable bonds is 1. The number of furan rings is 1. The summed E-state index contributed by atoms with van der Waals surface area (Å²) in [5.41, 5.74) is 3.75. The molecule has 2 aromatic heterocycles. The number of hydrogen-bond acceptors (Lipinski definition) is 3. The first kappa shape index (κ1) is 13.6. The summed E-state index contributed by atoms with van der Waals surface area (Å²) < 4.78 is 7.54. The average molecular weight is 305 g/mol. The number of aromatic nitrogens is 1. The lowest BCUT2D eigenvalue weighted by molar-refractivity contribution is 0.475.